The number of hydrogen-bond donors (Lipinski definition) is 2. The number of sulfonamides is 1. The Kier molecular flexibility index (Phi) is 7.92. The number of nitrogens with zero attached hydrogens (tertiary/aromatic N) is 1. The maximum atomic E-state index is 12.8. The molecular weight excluding hydrogens is 426 g/mol. The van der Waals surface area contributed by atoms with Crippen molar-refractivity contribution in [3.8, 4) is 0 Å². The summed E-state index contributed by atoms with van der Waals surface area (Å²) >= 11 is 0. The van der Waals surface area contributed by atoms with Gasteiger partial charge in [0.05, 0.1) is 17.6 Å². The molecule has 7 nitrogen and oxygen atoms in total. The quantitative estimate of drug-likeness (QED) is 0.633. The van der Waals surface area contributed by atoms with Gasteiger partial charge >= 0.3 is 0 Å². The van der Waals surface area contributed by atoms with E-state index in [2.05, 4.69) is 28.8 Å². The van der Waals surface area contributed by atoms with E-state index in [0.717, 1.165) is 25.2 Å². The number of aryl methyl sites for hydroxylation is 2. The summed E-state index contributed by atoms with van der Waals surface area (Å²) in [6, 6.07) is 11.7. The second kappa shape index (κ2) is 10.5. The Balaban J connectivity index is 1.57. The number of ether oxygens (including phenoxy) is 1. The van der Waals surface area contributed by atoms with Gasteiger partial charge in [-0.3, -0.25) is 14.4 Å². The van der Waals surface area contributed by atoms with Crippen LogP contribution in [-0.2, 0) is 14.8 Å². The van der Waals surface area contributed by atoms with Crippen molar-refractivity contribution >= 4 is 21.6 Å². The highest BCUT2D eigenvalue weighted by Gasteiger charge is 2.22. The molecule has 174 valence electrons. The van der Waals surface area contributed by atoms with Crippen molar-refractivity contribution in [1.29, 1.82) is 0 Å². The molecule has 2 aromatic rings. The zero-order valence-electron chi connectivity index (χ0n) is 19.2. The molecule has 1 unspecified atom stereocenters. The van der Waals surface area contributed by atoms with Crippen molar-refractivity contribution in [2.75, 3.05) is 37.5 Å². The van der Waals surface area contributed by atoms with Gasteiger partial charge in [-0.2, -0.15) is 0 Å². The lowest BCUT2D eigenvalue weighted by atomic mass is 10.1. The lowest BCUT2D eigenvalue weighted by Gasteiger charge is -2.33. The second-order valence-corrected chi connectivity index (χ2v) is 10.5. The number of carbonyl (C=O) groups is 1. The lowest BCUT2D eigenvalue weighted by Crippen LogP contribution is -2.48. The van der Waals surface area contributed by atoms with Crippen LogP contribution >= 0.6 is 0 Å². The van der Waals surface area contributed by atoms with E-state index >= 15 is 0 Å². The van der Waals surface area contributed by atoms with Crippen molar-refractivity contribution in [2.24, 2.45) is 5.92 Å². The van der Waals surface area contributed by atoms with E-state index in [9.17, 15) is 13.2 Å². The molecule has 0 spiro atoms. The molecule has 1 fully saturated rings. The summed E-state index contributed by atoms with van der Waals surface area (Å²) in [6.45, 7) is 11.9. The molecule has 0 aromatic heterocycles. The normalized spacial score (nSPS) is 17.3. The number of rotatable bonds is 8. The molecular formula is C24H33N3O4S. The van der Waals surface area contributed by atoms with Crippen LogP contribution in [0.2, 0.25) is 0 Å². The number of amides is 1. The Morgan fingerprint density at radius 2 is 1.88 bits per heavy atom. The van der Waals surface area contributed by atoms with E-state index in [1.165, 1.54) is 0 Å². The van der Waals surface area contributed by atoms with Gasteiger partial charge in [0.15, 0.2) is 0 Å². The minimum atomic E-state index is -3.71. The van der Waals surface area contributed by atoms with Gasteiger partial charge in [0.1, 0.15) is 0 Å². The van der Waals surface area contributed by atoms with Gasteiger partial charge in [0, 0.05) is 37.4 Å². The smallest absolute Gasteiger partial charge is 0.262 e. The number of anilines is 1. The molecule has 8 heteroatoms. The summed E-state index contributed by atoms with van der Waals surface area (Å²) in [7, 11) is -3.71. The molecule has 0 radical (unpaired) electrons. The Labute approximate surface area is 191 Å². The Morgan fingerprint density at radius 3 is 2.56 bits per heavy atom. The minimum absolute atomic E-state index is 0.0323. The van der Waals surface area contributed by atoms with Crippen LogP contribution in [0.5, 0.6) is 0 Å². The lowest BCUT2D eigenvalue weighted by molar-refractivity contribution is -0.0295. The third kappa shape index (κ3) is 6.54. The zero-order valence-corrected chi connectivity index (χ0v) is 20.0. The Hall–Kier alpha value is -2.42. The van der Waals surface area contributed by atoms with Crippen LogP contribution in [0.1, 0.15) is 35.3 Å². The van der Waals surface area contributed by atoms with Crippen LogP contribution < -0.4 is 10.0 Å². The standard InChI is InChI=1S/C24H33N3O4S/c1-17(2)15-27-11-12-31-22(16-27)14-25-24(28)20-7-9-21(10-8-20)26-32(29,30)23-13-18(3)5-6-19(23)4/h5-10,13,17,22,26H,11-12,14-16H2,1-4H3,(H,25,28). The predicted octanol–water partition coefficient (Wildman–Crippen LogP) is 3.19. The van der Waals surface area contributed by atoms with Crippen LogP contribution in [0, 0.1) is 19.8 Å². The first kappa shape index (κ1) is 24.2. The van der Waals surface area contributed by atoms with E-state index in [-0.39, 0.29) is 16.9 Å². The van der Waals surface area contributed by atoms with E-state index in [4.69, 9.17) is 4.74 Å². The van der Waals surface area contributed by atoms with Crippen molar-refractivity contribution in [2.45, 2.75) is 38.7 Å². The molecule has 1 atom stereocenters. The average Bonchev–Trinajstić information content (AvgIpc) is 2.74. The fraction of sp³-hybridized carbons (Fsp3) is 0.458. The molecule has 1 aliphatic heterocycles. The van der Waals surface area contributed by atoms with Crippen molar-refractivity contribution < 1.29 is 17.9 Å². The van der Waals surface area contributed by atoms with Crippen LogP contribution in [0.25, 0.3) is 0 Å². The highest BCUT2D eigenvalue weighted by Crippen LogP contribution is 2.21. The molecule has 2 N–H and O–H groups in total. The molecule has 0 saturated carbocycles. The average molecular weight is 460 g/mol. The summed E-state index contributed by atoms with van der Waals surface area (Å²) in [5, 5.41) is 2.92. The summed E-state index contributed by atoms with van der Waals surface area (Å²) in [5.74, 6) is 0.382. The predicted molar refractivity (Wildman–Crippen MR) is 127 cm³/mol. The fourth-order valence-electron chi connectivity index (χ4n) is 3.79. The molecule has 3 rings (SSSR count). The summed E-state index contributed by atoms with van der Waals surface area (Å²) in [5.41, 5.74) is 2.42. The third-order valence-corrected chi connectivity index (χ3v) is 6.89. The van der Waals surface area contributed by atoms with Crippen molar-refractivity contribution in [3.63, 3.8) is 0 Å². The van der Waals surface area contributed by atoms with E-state index in [1.807, 2.05) is 13.0 Å². The van der Waals surface area contributed by atoms with Crippen molar-refractivity contribution in [1.82, 2.24) is 10.2 Å². The SMILES string of the molecule is Cc1ccc(C)c(S(=O)(=O)Nc2ccc(C(=O)NCC3CN(CC(C)C)CCO3)cc2)c1. The van der Waals surface area contributed by atoms with Gasteiger partial charge in [-0.05, 0) is 61.2 Å². The van der Waals surface area contributed by atoms with E-state index in [1.54, 1.807) is 43.3 Å². The second-order valence-electron chi connectivity index (χ2n) is 8.81. The minimum Gasteiger partial charge on any atom is -0.374 e. The molecule has 1 aliphatic rings. The molecule has 2 aromatic carbocycles. The fourth-order valence-corrected chi connectivity index (χ4v) is 5.18. The summed E-state index contributed by atoms with van der Waals surface area (Å²) < 4.78 is 33.9. The first-order valence-corrected chi connectivity index (χ1v) is 12.4. The van der Waals surface area contributed by atoms with Gasteiger partial charge in [0.2, 0.25) is 0 Å². The Bertz CT molecular complexity index is 1040. The van der Waals surface area contributed by atoms with Crippen LogP contribution in [0.4, 0.5) is 5.69 Å². The number of nitrogens with one attached hydrogen (secondary N) is 2. The van der Waals surface area contributed by atoms with E-state index in [0.29, 0.717) is 35.9 Å². The van der Waals surface area contributed by atoms with Gasteiger partial charge < -0.3 is 10.1 Å². The number of benzene rings is 2. The van der Waals surface area contributed by atoms with Gasteiger partial charge in [-0.25, -0.2) is 8.42 Å². The highest BCUT2D eigenvalue weighted by molar-refractivity contribution is 7.92. The number of morpholine rings is 1. The highest BCUT2D eigenvalue weighted by atomic mass is 32.2. The number of hydrogen-bond acceptors (Lipinski definition) is 5. The summed E-state index contributed by atoms with van der Waals surface area (Å²) in [4.78, 5) is 15.1. The monoisotopic (exact) mass is 459 g/mol. The van der Waals surface area contributed by atoms with E-state index < -0.39 is 10.0 Å². The molecule has 0 aliphatic carbocycles. The topological polar surface area (TPSA) is 87.7 Å². The van der Waals surface area contributed by atoms with Gasteiger partial charge in [-0.15, -0.1) is 0 Å². The Morgan fingerprint density at radius 1 is 1.16 bits per heavy atom. The molecule has 0 bridgehead atoms. The molecule has 32 heavy (non-hydrogen) atoms. The van der Waals surface area contributed by atoms with Gasteiger partial charge in [0.25, 0.3) is 15.9 Å². The first-order valence-electron chi connectivity index (χ1n) is 11.0. The van der Waals surface area contributed by atoms with Crippen LogP contribution in [0.3, 0.4) is 0 Å². The zero-order chi connectivity index (χ0) is 23.3. The van der Waals surface area contributed by atoms with Gasteiger partial charge in [-0.1, -0.05) is 26.0 Å². The maximum Gasteiger partial charge on any atom is 0.262 e. The number of carbonyl (C=O) groups excluding carboxylic acids is 1. The molecule has 1 heterocycles. The summed E-state index contributed by atoms with van der Waals surface area (Å²) in [6.07, 6.45) is -0.0323. The first-order chi connectivity index (χ1) is 15.1. The largest absolute Gasteiger partial charge is 0.374 e. The van der Waals surface area contributed by atoms with Crippen molar-refractivity contribution in [3.05, 3.63) is 59.2 Å². The maximum absolute atomic E-state index is 12.8. The molecule has 1 saturated heterocycles. The third-order valence-electron chi connectivity index (χ3n) is 5.37. The van der Waals surface area contributed by atoms with Crippen LogP contribution in [0.15, 0.2) is 47.4 Å². The van der Waals surface area contributed by atoms with Crippen LogP contribution in [-0.4, -0.2) is 58.1 Å². The molecule has 1 amide bonds.